The number of rotatable bonds is 7. The molecule has 1 fully saturated rings. The number of ether oxygens (including phenoxy) is 1. The fraction of sp³-hybridized carbons (Fsp3) is 0.714. The quantitative estimate of drug-likeness (QED) is 0.789. The van der Waals surface area contributed by atoms with E-state index in [9.17, 15) is 0 Å². The van der Waals surface area contributed by atoms with Crippen molar-refractivity contribution in [3.05, 3.63) is 23.7 Å². The van der Waals surface area contributed by atoms with Crippen LogP contribution >= 0.6 is 0 Å². The molecule has 0 atom stereocenters. The van der Waals surface area contributed by atoms with E-state index in [0.717, 1.165) is 51.7 Å². The number of hydrogen-bond donors (Lipinski definition) is 1. The van der Waals surface area contributed by atoms with E-state index in [4.69, 9.17) is 14.3 Å². The van der Waals surface area contributed by atoms with E-state index in [0.29, 0.717) is 6.54 Å². The summed E-state index contributed by atoms with van der Waals surface area (Å²) in [7, 11) is 0. The summed E-state index contributed by atoms with van der Waals surface area (Å²) in [5, 5.41) is 9.17. The minimum Gasteiger partial charge on any atom is -0.468 e. The molecule has 1 aromatic heterocycles. The van der Waals surface area contributed by atoms with E-state index >= 15 is 0 Å². The third-order valence-electron chi connectivity index (χ3n) is 3.59. The Balaban J connectivity index is 1.80. The van der Waals surface area contributed by atoms with Crippen molar-refractivity contribution in [2.45, 2.75) is 13.5 Å². The molecule has 0 aliphatic carbocycles. The van der Waals surface area contributed by atoms with Gasteiger partial charge >= 0.3 is 0 Å². The average Bonchev–Trinajstić information content (AvgIpc) is 2.83. The van der Waals surface area contributed by atoms with Crippen LogP contribution in [-0.2, 0) is 11.3 Å². The molecule has 19 heavy (non-hydrogen) atoms. The lowest BCUT2D eigenvalue weighted by Gasteiger charge is -2.29. The zero-order valence-electron chi connectivity index (χ0n) is 11.7. The highest BCUT2D eigenvalue weighted by Crippen LogP contribution is 2.11. The standard InChI is InChI=1S/C14H24N2O3/c1-13-2-9-19-14(13)12-16(5-8-17)4-3-15-6-10-18-11-7-15/h2,9,17H,3-8,10-12H2,1H3. The van der Waals surface area contributed by atoms with E-state index in [1.165, 1.54) is 5.56 Å². The highest BCUT2D eigenvalue weighted by molar-refractivity contribution is 5.14. The molecular weight excluding hydrogens is 244 g/mol. The molecule has 0 saturated carbocycles. The molecule has 0 spiro atoms. The van der Waals surface area contributed by atoms with Crippen LogP contribution in [0.5, 0.6) is 0 Å². The highest BCUT2D eigenvalue weighted by Gasteiger charge is 2.14. The molecule has 2 heterocycles. The Morgan fingerprint density at radius 1 is 1.32 bits per heavy atom. The summed E-state index contributed by atoms with van der Waals surface area (Å²) in [4.78, 5) is 4.64. The molecule has 1 saturated heterocycles. The van der Waals surface area contributed by atoms with Gasteiger partial charge in [0.2, 0.25) is 0 Å². The Kier molecular flexibility index (Phi) is 5.85. The van der Waals surface area contributed by atoms with Crippen molar-refractivity contribution < 1.29 is 14.3 Å². The number of furan rings is 1. The summed E-state index contributed by atoms with van der Waals surface area (Å²) < 4.78 is 10.8. The Morgan fingerprint density at radius 2 is 2.11 bits per heavy atom. The third kappa shape index (κ3) is 4.62. The predicted octanol–water partition coefficient (Wildman–Crippen LogP) is 0.715. The summed E-state index contributed by atoms with van der Waals surface area (Å²) >= 11 is 0. The second kappa shape index (κ2) is 7.65. The third-order valence-corrected chi connectivity index (χ3v) is 3.59. The largest absolute Gasteiger partial charge is 0.468 e. The molecule has 1 aliphatic rings. The molecule has 0 unspecified atom stereocenters. The zero-order valence-corrected chi connectivity index (χ0v) is 11.7. The van der Waals surface area contributed by atoms with Crippen LogP contribution in [0.1, 0.15) is 11.3 Å². The van der Waals surface area contributed by atoms with Crippen LogP contribution in [0.3, 0.4) is 0 Å². The van der Waals surface area contributed by atoms with E-state index in [1.54, 1.807) is 6.26 Å². The Morgan fingerprint density at radius 3 is 2.74 bits per heavy atom. The van der Waals surface area contributed by atoms with E-state index in [-0.39, 0.29) is 6.61 Å². The van der Waals surface area contributed by atoms with Gasteiger partial charge in [-0.05, 0) is 18.6 Å². The minimum atomic E-state index is 0.183. The van der Waals surface area contributed by atoms with Gasteiger partial charge in [-0.15, -0.1) is 0 Å². The van der Waals surface area contributed by atoms with E-state index < -0.39 is 0 Å². The number of aliphatic hydroxyl groups is 1. The smallest absolute Gasteiger partial charge is 0.120 e. The molecule has 0 radical (unpaired) electrons. The van der Waals surface area contributed by atoms with Crippen molar-refractivity contribution in [2.24, 2.45) is 0 Å². The van der Waals surface area contributed by atoms with Gasteiger partial charge in [0.1, 0.15) is 5.76 Å². The summed E-state index contributed by atoms with van der Waals surface area (Å²) in [6.45, 7) is 9.33. The topological polar surface area (TPSA) is 49.1 Å². The Labute approximate surface area is 114 Å². The maximum absolute atomic E-state index is 9.17. The second-order valence-electron chi connectivity index (χ2n) is 4.98. The van der Waals surface area contributed by atoms with Crippen molar-refractivity contribution in [2.75, 3.05) is 52.5 Å². The van der Waals surface area contributed by atoms with Crippen LogP contribution in [0.25, 0.3) is 0 Å². The van der Waals surface area contributed by atoms with Gasteiger partial charge < -0.3 is 14.3 Å². The van der Waals surface area contributed by atoms with Gasteiger partial charge in [-0.2, -0.15) is 0 Å². The van der Waals surface area contributed by atoms with Crippen LogP contribution in [0, 0.1) is 6.92 Å². The zero-order chi connectivity index (χ0) is 13.5. The molecule has 1 N–H and O–H groups in total. The first-order valence-corrected chi connectivity index (χ1v) is 6.96. The van der Waals surface area contributed by atoms with Crippen molar-refractivity contribution in [3.63, 3.8) is 0 Å². The van der Waals surface area contributed by atoms with Gasteiger partial charge in [0, 0.05) is 32.7 Å². The van der Waals surface area contributed by atoms with Crippen molar-refractivity contribution >= 4 is 0 Å². The Hall–Kier alpha value is -0.880. The van der Waals surface area contributed by atoms with Crippen LogP contribution in [-0.4, -0.2) is 67.5 Å². The number of morpholine rings is 1. The Bertz CT molecular complexity index is 361. The fourth-order valence-corrected chi connectivity index (χ4v) is 2.29. The van der Waals surface area contributed by atoms with Gasteiger partial charge in [0.25, 0.3) is 0 Å². The van der Waals surface area contributed by atoms with Gasteiger partial charge in [-0.1, -0.05) is 0 Å². The SMILES string of the molecule is Cc1ccoc1CN(CCO)CCN1CCOCC1. The van der Waals surface area contributed by atoms with Gasteiger partial charge in [0.15, 0.2) is 0 Å². The van der Waals surface area contributed by atoms with Crippen molar-refractivity contribution in [3.8, 4) is 0 Å². The van der Waals surface area contributed by atoms with Gasteiger partial charge in [-0.25, -0.2) is 0 Å². The molecule has 108 valence electrons. The van der Waals surface area contributed by atoms with E-state index in [2.05, 4.69) is 16.7 Å². The van der Waals surface area contributed by atoms with Crippen LogP contribution in [0.2, 0.25) is 0 Å². The highest BCUT2D eigenvalue weighted by atomic mass is 16.5. The second-order valence-corrected chi connectivity index (χ2v) is 4.98. The monoisotopic (exact) mass is 268 g/mol. The van der Waals surface area contributed by atoms with Gasteiger partial charge in [-0.3, -0.25) is 9.80 Å². The predicted molar refractivity (Wildman–Crippen MR) is 73.1 cm³/mol. The van der Waals surface area contributed by atoms with Crippen LogP contribution in [0.4, 0.5) is 0 Å². The first-order valence-electron chi connectivity index (χ1n) is 6.96. The lowest BCUT2D eigenvalue weighted by molar-refractivity contribution is 0.0316. The number of aliphatic hydroxyl groups excluding tert-OH is 1. The maximum Gasteiger partial charge on any atom is 0.120 e. The number of aryl methyl sites for hydroxylation is 1. The molecule has 0 amide bonds. The molecular formula is C14H24N2O3. The van der Waals surface area contributed by atoms with Crippen LogP contribution < -0.4 is 0 Å². The summed E-state index contributed by atoms with van der Waals surface area (Å²) in [6, 6.07) is 1.98. The van der Waals surface area contributed by atoms with E-state index in [1.807, 2.05) is 6.07 Å². The summed E-state index contributed by atoms with van der Waals surface area (Å²) in [6.07, 6.45) is 1.73. The normalized spacial score (nSPS) is 17.2. The number of hydrogen-bond acceptors (Lipinski definition) is 5. The lowest BCUT2D eigenvalue weighted by atomic mass is 10.2. The molecule has 1 aliphatic heterocycles. The maximum atomic E-state index is 9.17. The first kappa shape index (κ1) is 14.5. The van der Waals surface area contributed by atoms with Gasteiger partial charge in [0.05, 0.1) is 32.6 Å². The van der Waals surface area contributed by atoms with Crippen molar-refractivity contribution in [1.29, 1.82) is 0 Å². The molecule has 0 bridgehead atoms. The summed E-state index contributed by atoms with van der Waals surface area (Å²) in [5.74, 6) is 0.996. The number of nitrogens with zero attached hydrogens (tertiary/aromatic N) is 2. The molecule has 1 aromatic rings. The molecule has 5 nitrogen and oxygen atoms in total. The average molecular weight is 268 g/mol. The van der Waals surface area contributed by atoms with Crippen molar-refractivity contribution in [1.82, 2.24) is 9.80 Å². The molecule has 2 rings (SSSR count). The molecule has 5 heteroatoms. The first-order chi connectivity index (χ1) is 9.29. The molecule has 0 aromatic carbocycles. The van der Waals surface area contributed by atoms with Crippen LogP contribution in [0.15, 0.2) is 16.7 Å². The summed E-state index contributed by atoms with van der Waals surface area (Å²) in [5.41, 5.74) is 1.18. The minimum absolute atomic E-state index is 0.183. The fourth-order valence-electron chi connectivity index (χ4n) is 2.29. The lowest BCUT2D eigenvalue weighted by Crippen LogP contribution is -2.41.